The molecule has 0 fully saturated rings. The van der Waals surface area contributed by atoms with Crippen molar-refractivity contribution < 1.29 is 0 Å². The highest BCUT2D eigenvalue weighted by Crippen LogP contribution is 2.34. The van der Waals surface area contributed by atoms with E-state index in [0.717, 1.165) is 29.5 Å². The van der Waals surface area contributed by atoms with Gasteiger partial charge >= 0.3 is 0 Å². The van der Waals surface area contributed by atoms with Crippen LogP contribution in [0.5, 0.6) is 0 Å². The highest BCUT2D eigenvalue weighted by Gasteiger charge is 2.14. The molecule has 1 heterocycles. The molecule has 0 radical (unpaired) electrons. The summed E-state index contributed by atoms with van der Waals surface area (Å²) in [6, 6.07) is 16.8. The second-order valence-corrected chi connectivity index (χ2v) is 5.74. The standard InChI is InChI=1S/C20H21N3/c1-2-18-17(10-12-22)20-16(7-4-8-19(20)23-18)15-6-3-5-14(13-15)9-11-21/h3-8,13,23H,2,9-10,12,22H2,1H3. The molecule has 0 saturated carbocycles. The van der Waals surface area contributed by atoms with Gasteiger partial charge in [0.05, 0.1) is 12.5 Å². The fourth-order valence-electron chi connectivity index (χ4n) is 3.27. The van der Waals surface area contributed by atoms with Gasteiger partial charge in [-0.1, -0.05) is 43.3 Å². The van der Waals surface area contributed by atoms with Gasteiger partial charge in [-0.15, -0.1) is 0 Å². The Hall–Kier alpha value is -2.57. The third-order valence-corrected chi connectivity index (χ3v) is 4.29. The van der Waals surface area contributed by atoms with Gasteiger partial charge in [-0.25, -0.2) is 0 Å². The molecule has 0 spiro atoms. The monoisotopic (exact) mass is 303 g/mol. The van der Waals surface area contributed by atoms with Crippen molar-refractivity contribution in [1.29, 1.82) is 5.26 Å². The normalized spacial score (nSPS) is 10.8. The van der Waals surface area contributed by atoms with Crippen molar-refractivity contribution in [2.24, 2.45) is 5.73 Å². The highest BCUT2D eigenvalue weighted by atomic mass is 14.7. The molecule has 2 aromatic carbocycles. The average Bonchev–Trinajstić information content (AvgIpc) is 2.94. The fraction of sp³-hybridized carbons (Fsp3) is 0.250. The van der Waals surface area contributed by atoms with Crippen LogP contribution in [0.4, 0.5) is 0 Å². The topological polar surface area (TPSA) is 65.6 Å². The Kier molecular flexibility index (Phi) is 4.45. The molecule has 3 rings (SSSR count). The lowest BCUT2D eigenvalue weighted by Gasteiger charge is -2.08. The molecule has 0 unspecified atom stereocenters. The average molecular weight is 303 g/mol. The van der Waals surface area contributed by atoms with Crippen molar-refractivity contribution in [3.8, 4) is 17.2 Å². The quantitative estimate of drug-likeness (QED) is 0.749. The molecule has 116 valence electrons. The molecule has 0 aliphatic heterocycles. The minimum absolute atomic E-state index is 0.437. The van der Waals surface area contributed by atoms with Crippen LogP contribution in [0.3, 0.4) is 0 Å². The number of hydrogen-bond donors (Lipinski definition) is 2. The molecule has 0 bridgehead atoms. The van der Waals surface area contributed by atoms with Crippen molar-refractivity contribution in [3.05, 3.63) is 59.3 Å². The van der Waals surface area contributed by atoms with E-state index in [1.54, 1.807) is 0 Å². The maximum atomic E-state index is 8.93. The number of nitrogens with one attached hydrogen (secondary N) is 1. The zero-order chi connectivity index (χ0) is 16.2. The van der Waals surface area contributed by atoms with Gasteiger partial charge in [-0.05, 0) is 47.7 Å². The maximum absolute atomic E-state index is 8.93. The summed E-state index contributed by atoms with van der Waals surface area (Å²) >= 11 is 0. The number of benzene rings is 2. The van der Waals surface area contributed by atoms with Crippen LogP contribution in [-0.2, 0) is 19.3 Å². The van der Waals surface area contributed by atoms with E-state index in [-0.39, 0.29) is 0 Å². The number of hydrogen-bond acceptors (Lipinski definition) is 2. The van der Waals surface area contributed by atoms with Crippen LogP contribution in [0.2, 0.25) is 0 Å². The summed E-state index contributed by atoms with van der Waals surface area (Å²) < 4.78 is 0. The van der Waals surface area contributed by atoms with Gasteiger partial charge in [-0.3, -0.25) is 0 Å². The first-order valence-corrected chi connectivity index (χ1v) is 8.07. The van der Waals surface area contributed by atoms with E-state index in [2.05, 4.69) is 48.3 Å². The van der Waals surface area contributed by atoms with Gasteiger partial charge in [0.2, 0.25) is 0 Å². The molecule has 0 amide bonds. The summed E-state index contributed by atoms with van der Waals surface area (Å²) in [5.41, 5.74) is 13.0. The molecule has 0 saturated heterocycles. The van der Waals surface area contributed by atoms with Gasteiger partial charge < -0.3 is 10.7 Å². The van der Waals surface area contributed by atoms with E-state index < -0.39 is 0 Å². The second kappa shape index (κ2) is 6.68. The minimum atomic E-state index is 0.437. The predicted octanol–water partition coefficient (Wildman–Crippen LogP) is 3.96. The number of rotatable bonds is 5. The first-order chi connectivity index (χ1) is 11.3. The number of nitriles is 1. The fourth-order valence-corrected chi connectivity index (χ4v) is 3.27. The highest BCUT2D eigenvalue weighted by molar-refractivity contribution is 5.98. The largest absolute Gasteiger partial charge is 0.358 e. The molecule has 0 aliphatic rings. The molecular formula is C20H21N3. The predicted molar refractivity (Wildman–Crippen MR) is 95.2 cm³/mol. The molecule has 3 heteroatoms. The van der Waals surface area contributed by atoms with Gasteiger partial charge in [0.1, 0.15) is 0 Å². The Labute approximate surface area is 136 Å². The Morgan fingerprint density at radius 2 is 2.00 bits per heavy atom. The molecule has 0 atom stereocenters. The summed E-state index contributed by atoms with van der Waals surface area (Å²) in [5.74, 6) is 0. The molecule has 1 aromatic heterocycles. The van der Waals surface area contributed by atoms with Crippen LogP contribution < -0.4 is 5.73 Å². The number of fused-ring (bicyclic) bond motifs is 1. The first-order valence-electron chi connectivity index (χ1n) is 8.07. The Balaban J connectivity index is 2.23. The van der Waals surface area contributed by atoms with Crippen LogP contribution in [0, 0.1) is 11.3 Å². The summed E-state index contributed by atoms with van der Waals surface area (Å²) in [7, 11) is 0. The van der Waals surface area contributed by atoms with E-state index >= 15 is 0 Å². The van der Waals surface area contributed by atoms with E-state index in [4.69, 9.17) is 11.0 Å². The van der Waals surface area contributed by atoms with E-state index in [0.29, 0.717) is 13.0 Å². The summed E-state index contributed by atoms with van der Waals surface area (Å²) in [4.78, 5) is 3.54. The zero-order valence-corrected chi connectivity index (χ0v) is 13.4. The number of aryl methyl sites for hydroxylation is 1. The number of aromatic nitrogens is 1. The van der Waals surface area contributed by atoms with Gasteiger partial charge in [-0.2, -0.15) is 5.26 Å². The van der Waals surface area contributed by atoms with Crippen LogP contribution in [0.1, 0.15) is 23.7 Å². The van der Waals surface area contributed by atoms with Crippen molar-refractivity contribution >= 4 is 10.9 Å². The lowest BCUT2D eigenvalue weighted by atomic mass is 9.95. The Morgan fingerprint density at radius 3 is 2.74 bits per heavy atom. The number of nitrogens with zero attached hydrogens (tertiary/aromatic N) is 1. The lowest BCUT2D eigenvalue weighted by molar-refractivity contribution is 0.936. The van der Waals surface area contributed by atoms with Gasteiger partial charge in [0, 0.05) is 16.6 Å². The number of aromatic amines is 1. The SMILES string of the molecule is CCc1[nH]c2cccc(-c3cccc(CC#N)c3)c2c1CCN. The molecule has 23 heavy (non-hydrogen) atoms. The molecule has 0 aliphatic carbocycles. The third kappa shape index (κ3) is 2.86. The second-order valence-electron chi connectivity index (χ2n) is 5.74. The van der Waals surface area contributed by atoms with Gasteiger partial charge in [0.15, 0.2) is 0 Å². The van der Waals surface area contributed by atoms with Gasteiger partial charge in [0.25, 0.3) is 0 Å². The number of nitrogens with two attached hydrogens (primary N) is 1. The van der Waals surface area contributed by atoms with E-state index in [1.807, 2.05) is 12.1 Å². The minimum Gasteiger partial charge on any atom is -0.358 e. The van der Waals surface area contributed by atoms with Crippen molar-refractivity contribution in [2.75, 3.05) is 6.54 Å². The zero-order valence-electron chi connectivity index (χ0n) is 13.4. The summed E-state index contributed by atoms with van der Waals surface area (Å²) in [6.45, 7) is 2.81. The molecule has 3 N–H and O–H groups in total. The van der Waals surface area contributed by atoms with E-state index in [1.165, 1.54) is 22.2 Å². The maximum Gasteiger partial charge on any atom is 0.0669 e. The molecule has 3 nitrogen and oxygen atoms in total. The first kappa shape index (κ1) is 15.3. The van der Waals surface area contributed by atoms with Crippen molar-refractivity contribution in [3.63, 3.8) is 0 Å². The summed E-state index contributed by atoms with van der Waals surface area (Å²) in [6.07, 6.45) is 2.28. The molecular weight excluding hydrogens is 282 g/mol. The van der Waals surface area contributed by atoms with Crippen LogP contribution >= 0.6 is 0 Å². The van der Waals surface area contributed by atoms with Crippen molar-refractivity contribution in [1.82, 2.24) is 4.98 Å². The Bertz CT molecular complexity index is 868. The Morgan fingerprint density at radius 1 is 1.17 bits per heavy atom. The van der Waals surface area contributed by atoms with Crippen LogP contribution in [-0.4, -0.2) is 11.5 Å². The summed E-state index contributed by atoms with van der Waals surface area (Å²) in [5, 5.41) is 10.2. The molecule has 3 aromatic rings. The third-order valence-electron chi connectivity index (χ3n) is 4.29. The lowest BCUT2D eigenvalue weighted by Crippen LogP contribution is -2.04. The van der Waals surface area contributed by atoms with Crippen molar-refractivity contribution in [2.45, 2.75) is 26.2 Å². The van der Waals surface area contributed by atoms with Crippen LogP contribution in [0.15, 0.2) is 42.5 Å². The van der Waals surface area contributed by atoms with Crippen LogP contribution in [0.25, 0.3) is 22.0 Å². The smallest absolute Gasteiger partial charge is 0.0669 e. The number of H-pyrrole nitrogens is 1. The van der Waals surface area contributed by atoms with E-state index in [9.17, 15) is 0 Å².